The van der Waals surface area contributed by atoms with Crippen molar-refractivity contribution in [2.24, 2.45) is 0 Å². The summed E-state index contributed by atoms with van der Waals surface area (Å²) in [6, 6.07) is 7.89. The summed E-state index contributed by atoms with van der Waals surface area (Å²) < 4.78 is 5.45. The second kappa shape index (κ2) is 9.13. The number of rotatable bonds is 8. The molecule has 0 radical (unpaired) electrons. The Morgan fingerprint density at radius 1 is 1.39 bits per heavy atom. The van der Waals surface area contributed by atoms with Gasteiger partial charge in [-0.15, -0.1) is 0 Å². The molecule has 0 heterocycles. The number of hydrogen-bond donors (Lipinski definition) is 2. The average Bonchev–Trinajstić information content (AvgIpc) is 2.50. The Bertz CT molecular complexity index is 566. The van der Waals surface area contributed by atoms with Gasteiger partial charge in [-0.25, -0.2) is 5.43 Å². The van der Waals surface area contributed by atoms with Crippen molar-refractivity contribution in [1.82, 2.24) is 5.43 Å². The molecule has 0 fully saturated rings. The third kappa shape index (κ3) is 5.23. The van der Waals surface area contributed by atoms with Gasteiger partial charge in [0.25, 0.3) is 0 Å². The first-order chi connectivity index (χ1) is 10.9. The maximum absolute atomic E-state index is 11.5. The molecule has 6 nitrogen and oxygen atoms in total. The van der Waals surface area contributed by atoms with E-state index < -0.39 is 0 Å². The van der Waals surface area contributed by atoms with E-state index in [0.717, 1.165) is 16.9 Å². The molecule has 1 atom stereocenters. The van der Waals surface area contributed by atoms with Crippen LogP contribution in [0.25, 0.3) is 0 Å². The van der Waals surface area contributed by atoms with Crippen LogP contribution in [0.4, 0.5) is 11.4 Å². The lowest BCUT2D eigenvalue weighted by Gasteiger charge is -2.33. The predicted octanol–water partition coefficient (Wildman–Crippen LogP) is 2.99. The van der Waals surface area contributed by atoms with Crippen LogP contribution in [0.3, 0.4) is 0 Å². The molecule has 1 aromatic carbocycles. The highest BCUT2D eigenvalue weighted by molar-refractivity contribution is 5.91. The fourth-order valence-corrected chi connectivity index (χ4v) is 2.42. The van der Waals surface area contributed by atoms with Gasteiger partial charge in [0.1, 0.15) is 6.23 Å². The van der Waals surface area contributed by atoms with Crippen molar-refractivity contribution in [1.29, 1.82) is 5.26 Å². The quantitative estimate of drug-likeness (QED) is 0.438. The van der Waals surface area contributed by atoms with E-state index in [4.69, 9.17) is 10.00 Å². The van der Waals surface area contributed by atoms with Gasteiger partial charge in [0.15, 0.2) is 0 Å². The number of nitrogens with zero attached hydrogens (tertiary/aromatic N) is 2. The minimum atomic E-state index is -0.223. The number of benzene rings is 1. The first-order valence-electron chi connectivity index (χ1n) is 7.75. The van der Waals surface area contributed by atoms with Gasteiger partial charge in [0, 0.05) is 38.2 Å². The van der Waals surface area contributed by atoms with E-state index in [9.17, 15) is 4.79 Å². The summed E-state index contributed by atoms with van der Waals surface area (Å²) in [4.78, 5) is 11.5. The Kier molecular flexibility index (Phi) is 7.52. The van der Waals surface area contributed by atoms with Crippen LogP contribution in [0.15, 0.2) is 18.2 Å². The molecule has 1 amide bonds. The van der Waals surface area contributed by atoms with Gasteiger partial charge in [0.2, 0.25) is 5.91 Å². The molecule has 0 bridgehead atoms. The highest BCUT2D eigenvalue weighted by Gasteiger charge is 2.21. The van der Waals surface area contributed by atoms with Gasteiger partial charge >= 0.3 is 0 Å². The fraction of sp³-hybridized carbons (Fsp3) is 0.529. The summed E-state index contributed by atoms with van der Waals surface area (Å²) in [5, 5.41) is 13.5. The molecule has 1 rings (SSSR count). The molecule has 1 aromatic rings. The maximum atomic E-state index is 11.5. The summed E-state index contributed by atoms with van der Waals surface area (Å²) >= 11 is 0. The molecule has 2 N–H and O–H groups in total. The van der Waals surface area contributed by atoms with Crippen LogP contribution in [0, 0.1) is 11.3 Å². The van der Waals surface area contributed by atoms with Crippen molar-refractivity contribution in [3.8, 4) is 6.07 Å². The van der Waals surface area contributed by atoms with E-state index >= 15 is 0 Å². The summed E-state index contributed by atoms with van der Waals surface area (Å²) in [5.74, 6) is 0.102. The number of nitriles is 1. The largest absolute Gasteiger partial charge is 0.361 e. The van der Waals surface area contributed by atoms with Crippen LogP contribution in [-0.2, 0) is 9.53 Å². The summed E-state index contributed by atoms with van der Waals surface area (Å²) in [5.41, 5.74) is 5.98. The molecule has 0 saturated heterocycles. The number of methoxy groups -OCH3 is 1. The van der Waals surface area contributed by atoms with E-state index in [1.54, 1.807) is 7.11 Å². The molecule has 0 aliphatic carbocycles. The maximum Gasteiger partial charge on any atom is 0.221 e. The third-order valence-corrected chi connectivity index (χ3v) is 3.45. The van der Waals surface area contributed by atoms with Crippen LogP contribution < -0.4 is 15.8 Å². The van der Waals surface area contributed by atoms with Gasteiger partial charge in [-0.2, -0.15) is 5.26 Å². The Morgan fingerprint density at radius 3 is 2.61 bits per heavy atom. The fourth-order valence-electron chi connectivity index (χ4n) is 2.42. The SMILES string of the molecule is COC(C)N(NCCC#N)c1cccc(NC(C)=O)c1C(C)C. The zero-order valence-electron chi connectivity index (χ0n) is 14.5. The lowest BCUT2D eigenvalue weighted by molar-refractivity contribution is -0.114. The molecule has 1 unspecified atom stereocenters. The van der Waals surface area contributed by atoms with Crippen LogP contribution in [-0.4, -0.2) is 25.8 Å². The molecule has 0 aliphatic heterocycles. The van der Waals surface area contributed by atoms with Gasteiger partial charge in [-0.05, 0) is 25.0 Å². The zero-order valence-corrected chi connectivity index (χ0v) is 14.5. The second-order valence-corrected chi connectivity index (χ2v) is 5.60. The van der Waals surface area contributed by atoms with Crippen LogP contribution in [0.5, 0.6) is 0 Å². The van der Waals surface area contributed by atoms with Gasteiger partial charge in [-0.3, -0.25) is 9.80 Å². The first-order valence-corrected chi connectivity index (χ1v) is 7.75. The molecule has 126 valence electrons. The number of amides is 1. The standard InChI is InChI=1S/C17H26N4O2/c1-12(2)17-15(20-13(3)22)8-6-9-16(17)21(14(4)23-5)19-11-7-10-18/h6,8-9,12,14,19H,7,11H2,1-5H3,(H,20,22). The lowest BCUT2D eigenvalue weighted by Crippen LogP contribution is -2.46. The summed E-state index contributed by atoms with van der Waals surface area (Å²) in [6.07, 6.45) is 0.175. The Hall–Kier alpha value is -2.10. The average molecular weight is 318 g/mol. The smallest absolute Gasteiger partial charge is 0.221 e. The Balaban J connectivity index is 3.28. The van der Waals surface area contributed by atoms with Crippen molar-refractivity contribution in [3.63, 3.8) is 0 Å². The number of carbonyl (C=O) groups excluding carboxylic acids is 1. The summed E-state index contributed by atoms with van der Waals surface area (Å²) in [7, 11) is 1.64. The van der Waals surface area contributed by atoms with Gasteiger partial charge in [-0.1, -0.05) is 19.9 Å². The minimum Gasteiger partial charge on any atom is -0.361 e. The summed E-state index contributed by atoms with van der Waals surface area (Å²) in [6.45, 7) is 8.10. The number of hydrogen-bond acceptors (Lipinski definition) is 5. The second-order valence-electron chi connectivity index (χ2n) is 5.60. The Morgan fingerprint density at radius 2 is 2.09 bits per heavy atom. The molecule has 6 heteroatoms. The minimum absolute atomic E-state index is 0.104. The predicted molar refractivity (Wildman–Crippen MR) is 92.0 cm³/mol. The zero-order chi connectivity index (χ0) is 17.4. The third-order valence-electron chi connectivity index (χ3n) is 3.45. The Labute approximate surface area is 138 Å². The topological polar surface area (TPSA) is 77.4 Å². The number of ether oxygens (including phenoxy) is 1. The molecule has 0 saturated carbocycles. The lowest BCUT2D eigenvalue weighted by atomic mass is 9.98. The molecule has 0 spiro atoms. The van der Waals surface area contributed by atoms with E-state index in [1.165, 1.54) is 6.92 Å². The van der Waals surface area contributed by atoms with E-state index in [1.807, 2.05) is 30.1 Å². The van der Waals surface area contributed by atoms with Crippen LogP contribution in [0.2, 0.25) is 0 Å². The van der Waals surface area contributed by atoms with Crippen molar-refractivity contribution in [2.75, 3.05) is 24.0 Å². The van der Waals surface area contributed by atoms with Gasteiger partial charge < -0.3 is 10.1 Å². The van der Waals surface area contributed by atoms with Crippen molar-refractivity contribution in [2.45, 2.75) is 46.3 Å². The van der Waals surface area contributed by atoms with Crippen LogP contribution >= 0.6 is 0 Å². The molecular weight excluding hydrogens is 292 g/mol. The highest BCUT2D eigenvalue weighted by Crippen LogP contribution is 2.34. The molecular formula is C17H26N4O2. The normalized spacial score (nSPS) is 11.9. The van der Waals surface area contributed by atoms with E-state index in [2.05, 4.69) is 30.7 Å². The van der Waals surface area contributed by atoms with E-state index in [0.29, 0.717) is 13.0 Å². The number of carbonyl (C=O) groups is 1. The van der Waals surface area contributed by atoms with Crippen molar-refractivity contribution < 1.29 is 9.53 Å². The van der Waals surface area contributed by atoms with Crippen LogP contribution in [0.1, 0.15) is 45.6 Å². The van der Waals surface area contributed by atoms with Gasteiger partial charge in [0.05, 0.1) is 11.8 Å². The molecule has 0 aliphatic rings. The number of hydrazine groups is 1. The molecule has 23 heavy (non-hydrogen) atoms. The van der Waals surface area contributed by atoms with E-state index in [-0.39, 0.29) is 18.1 Å². The first kappa shape index (κ1) is 18.9. The monoisotopic (exact) mass is 318 g/mol. The highest BCUT2D eigenvalue weighted by atomic mass is 16.5. The number of nitrogens with one attached hydrogen (secondary N) is 2. The van der Waals surface area contributed by atoms with Crippen molar-refractivity contribution in [3.05, 3.63) is 23.8 Å². The molecule has 0 aromatic heterocycles. The van der Waals surface area contributed by atoms with Crippen molar-refractivity contribution >= 4 is 17.3 Å². The number of anilines is 2.